The van der Waals surface area contributed by atoms with E-state index in [4.69, 9.17) is 0 Å². The van der Waals surface area contributed by atoms with Crippen molar-refractivity contribution in [3.63, 3.8) is 0 Å². The van der Waals surface area contributed by atoms with Crippen LogP contribution in [0, 0.1) is 5.82 Å². The van der Waals surface area contributed by atoms with Gasteiger partial charge in [0.1, 0.15) is 5.82 Å². The molecule has 0 aliphatic carbocycles. The zero-order chi connectivity index (χ0) is 19.5. The number of halogens is 1. The van der Waals surface area contributed by atoms with Crippen LogP contribution in [-0.2, 0) is 11.8 Å². The van der Waals surface area contributed by atoms with Crippen LogP contribution in [0.25, 0.3) is 6.08 Å². The van der Waals surface area contributed by atoms with E-state index in [9.17, 15) is 19.1 Å². The van der Waals surface area contributed by atoms with E-state index in [0.717, 1.165) is 22.6 Å². The summed E-state index contributed by atoms with van der Waals surface area (Å²) in [5, 5.41) is 16.1. The Morgan fingerprint density at radius 1 is 1.35 bits per heavy atom. The average molecular weight is 360 g/mol. The summed E-state index contributed by atoms with van der Waals surface area (Å²) in [5.41, 5.74) is 0.205. The fourth-order valence-electron chi connectivity index (χ4n) is 2.43. The quantitative estimate of drug-likeness (QED) is 0.817. The molecule has 0 radical (unpaired) electrons. The smallest absolute Gasteiger partial charge is 0.412 e. The number of nitrogens with zero attached hydrogens (tertiary/aromatic N) is 3. The highest BCUT2D eigenvalue weighted by Gasteiger charge is 2.30. The third-order valence-electron chi connectivity index (χ3n) is 3.47. The molecule has 0 bridgehead atoms. The standard InChI is InChI=1S/C18H21FN4O3/c1-18(2,3)23(17(25)26)15-7-6-13(19)9-14(15)21-16(24)8-5-12-10-20-22(4)11-12/h5-11H,1-4H3,(H,21,24)(H,25,26)/b8-5+. The van der Waals surface area contributed by atoms with Gasteiger partial charge in [0, 0.05) is 30.4 Å². The Hall–Kier alpha value is -3.16. The maximum Gasteiger partial charge on any atom is 0.412 e. The molecule has 7 nitrogen and oxygen atoms in total. The molecular weight excluding hydrogens is 339 g/mol. The highest BCUT2D eigenvalue weighted by Crippen LogP contribution is 2.32. The number of carbonyl (C=O) groups is 2. The van der Waals surface area contributed by atoms with Crippen LogP contribution in [0.4, 0.5) is 20.6 Å². The molecule has 0 aliphatic rings. The van der Waals surface area contributed by atoms with Crippen LogP contribution in [0.15, 0.2) is 36.7 Å². The monoisotopic (exact) mass is 360 g/mol. The third-order valence-corrected chi connectivity index (χ3v) is 3.47. The Kier molecular flexibility index (Phi) is 5.44. The zero-order valence-electron chi connectivity index (χ0n) is 15.0. The number of aromatic nitrogens is 2. The van der Waals surface area contributed by atoms with Crippen molar-refractivity contribution in [3.8, 4) is 0 Å². The first-order chi connectivity index (χ1) is 12.1. The number of carboxylic acid groups (broad SMARTS) is 1. The molecule has 26 heavy (non-hydrogen) atoms. The van der Waals surface area contributed by atoms with Crippen molar-refractivity contribution in [1.29, 1.82) is 0 Å². The Labute approximate surface area is 150 Å². The summed E-state index contributed by atoms with van der Waals surface area (Å²) in [6.45, 7) is 5.12. The van der Waals surface area contributed by atoms with Gasteiger partial charge in [-0.25, -0.2) is 9.18 Å². The van der Waals surface area contributed by atoms with Crippen molar-refractivity contribution in [3.05, 3.63) is 48.0 Å². The van der Waals surface area contributed by atoms with E-state index in [1.54, 1.807) is 51.0 Å². The second kappa shape index (κ2) is 7.38. The molecule has 138 valence electrons. The van der Waals surface area contributed by atoms with Crippen molar-refractivity contribution in [2.24, 2.45) is 7.05 Å². The number of nitrogens with one attached hydrogen (secondary N) is 1. The maximum absolute atomic E-state index is 13.7. The Morgan fingerprint density at radius 2 is 2.04 bits per heavy atom. The number of benzene rings is 1. The average Bonchev–Trinajstić information content (AvgIpc) is 2.91. The van der Waals surface area contributed by atoms with Crippen molar-refractivity contribution in [2.75, 3.05) is 10.2 Å². The van der Waals surface area contributed by atoms with Crippen LogP contribution in [0.5, 0.6) is 0 Å². The van der Waals surface area contributed by atoms with Gasteiger partial charge in [-0.15, -0.1) is 0 Å². The predicted molar refractivity (Wildman–Crippen MR) is 97.5 cm³/mol. The number of amides is 2. The number of hydrogen-bond donors (Lipinski definition) is 2. The highest BCUT2D eigenvalue weighted by atomic mass is 19.1. The van der Waals surface area contributed by atoms with Crippen molar-refractivity contribution in [1.82, 2.24) is 9.78 Å². The molecule has 1 heterocycles. The highest BCUT2D eigenvalue weighted by molar-refractivity contribution is 6.05. The van der Waals surface area contributed by atoms with Gasteiger partial charge < -0.3 is 10.4 Å². The van der Waals surface area contributed by atoms with Gasteiger partial charge in [-0.3, -0.25) is 14.4 Å². The van der Waals surface area contributed by atoms with Gasteiger partial charge >= 0.3 is 6.09 Å². The molecule has 0 saturated heterocycles. The fraction of sp³-hybridized carbons (Fsp3) is 0.278. The Bertz CT molecular complexity index is 852. The molecule has 2 rings (SSSR count). The molecule has 0 aliphatic heterocycles. The second-order valence-electron chi connectivity index (χ2n) is 6.72. The summed E-state index contributed by atoms with van der Waals surface area (Å²) in [7, 11) is 1.75. The molecule has 0 atom stereocenters. The molecule has 1 aromatic heterocycles. The van der Waals surface area contributed by atoms with Gasteiger partial charge in [0.25, 0.3) is 0 Å². The lowest BCUT2D eigenvalue weighted by atomic mass is 10.0. The van der Waals surface area contributed by atoms with Gasteiger partial charge in [-0.05, 0) is 45.0 Å². The van der Waals surface area contributed by atoms with Crippen LogP contribution in [0.3, 0.4) is 0 Å². The Balaban J connectivity index is 2.31. The molecular formula is C18H21FN4O3. The van der Waals surface area contributed by atoms with E-state index < -0.39 is 23.4 Å². The molecule has 0 unspecified atom stereocenters. The largest absolute Gasteiger partial charge is 0.465 e. The van der Waals surface area contributed by atoms with E-state index in [1.807, 2.05) is 0 Å². The van der Waals surface area contributed by atoms with Crippen LogP contribution < -0.4 is 10.2 Å². The van der Waals surface area contributed by atoms with Crippen LogP contribution in [0.2, 0.25) is 0 Å². The summed E-state index contributed by atoms with van der Waals surface area (Å²) in [5.74, 6) is -1.10. The molecule has 0 fully saturated rings. The number of rotatable bonds is 4. The van der Waals surface area contributed by atoms with E-state index in [2.05, 4.69) is 10.4 Å². The van der Waals surface area contributed by atoms with Crippen LogP contribution in [-0.4, -0.2) is 32.4 Å². The lowest BCUT2D eigenvalue weighted by molar-refractivity contribution is -0.111. The van der Waals surface area contributed by atoms with E-state index in [0.29, 0.717) is 0 Å². The van der Waals surface area contributed by atoms with Gasteiger partial charge in [0.05, 0.1) is 17.6 Å². The lowest BCUT2D eigenvalue weighted by Gasteiger charge is -2.34. The topological polar surface area (TPSA) is 87.5 Å². The summed E-state index contributed by atoms with van der Waals surface area (Å²) in [4.78, 5) is 24.9. The number of carbonyl (C=O) groups excluding carboxylic acids is 1. The second-order valence-corrected chi connectivity index (χ2v) is 6.72. The van der Waals surface area contributed by atoms with E-state index >= 15 is 0 Å². The predicted octanol–water partition coefficient (Wildman–Crippen LogP) is 3.49. The summed E-state index contributed by atoms with van der Waals surface area (Å²) in [6, 6.07) is 3.57. The molecule has 2 N–H and O–H groups in total. The summed E-state index contributed by atoms with van der Waals surface area (Å²) >= 11 is 0. The molecule has 0 spiro atoms. The Morgan fingerprint density at radius 3 is 2.58 bits per heavy atom. The molecule has 1 aromatic carbocycles. The summed E-state index contributed by atoms with van der Waals surface area (Å²) < 4.78 is 15.3. The molecule has 0 saturated carbocycles. The normalized spacial score (nSPS) is 11.6. The van der Waals surface area contributed by atoms with Crippen LogP contribution in [0.1, 0.15) is 26.3 Å². The minimum atomic E-state index is -1.20. The first kappa shape index (κ1) is 19.2. The lowest BCUT2D eigenvalue weighted by Crippen LogP contribution is -2.45. The minimum Gasteiger partial charge on any atom is -0.465 e. The first-order valence-electron chi connectivity index (χ1n) is 7.88. The van der Waals surface area contributed by atoms with Crippen molar-refractivity contribution < 1.29 is 19.1 Å². The third kappa shape index (κ3) is 4.69. The number of aryl methyl sites for hydroxylation is 1. The van der Waals surface area contributed by atoms with Crippen molar-refractivity contribution >= 4 is 29.5 Å². The SMILES string of the molecule is Cn1cc(/C=C/C(=O)Nc2cc(F)ccc2N(C(=O)O)C(C)(C)C)cn1. The maximum atomic E-state index is 13.7. The van der Waals surface area contributed by atoms with Crippen molar-refractivity contribution in [2.45, 2.75) is 26.3 Å². The number of hydrogen-bond acceptors (Lipinski definition) is 3. The molecule has 8 heteroatoms. The van der Waals surface area contributed by atoms with Gasteiger partial charge in [-0.1, -0.05) is 0 Å². The van der Waals surface area contributed by atoms with E-state index in [-0.39, 0.29) is 11.4 Å². The van der Waals surface area contributed by atoms with E-state index in [1.165, 1.54) is 12.1 Å². The minimum absolute atomic E-state index is 0.0724. The van der Waals surface area contributed by atoms with Gasteiger partial charge in [-0.2, -0.15) is 5.10 Å². The molecule has 2 aromatic rings. The van der Waals surface area contributed by atoms with Gasteiger partial charge in [0.15, 0.2) is 0 Å². The van der Waals surface area contributed by atoms with Crippen LogP contribution >= 0.6 is 0 Å². The molecule has 2 amide bonds. The fourth-order valence-corrected chi connectivity index (χ4v) is 2.43. The summed E-state index contributed by atoms with van der Waals surface area (Å²) in [6.07, 6.45) is 4.94. The number of anilines is 2. The first-order valence-corrected chi connectivity index (χ1v) is 7.88. The zero-order valence-corrected chi connectivity index (χ0v) is 15.0. The van der Waals surface area contributed by atoms with Gasteiger partial charge in [0.2, 0.25) is 5.91 Å².